The highest BCUT2D eigenvalue weighted by Gasteiger charge is 2.41. The van der Waals surface area contributed by atoms with Gasteiger partial charge in [0.15, 0.2) is 5.56 Å². The van der Waals surface area contributed by atoms with Gasteiger partial charge in [-0.1, -0.05) is 22.7 Å². The SMILES string of the molecule is O=c1sc2ccc([N+](=O)[O-])c(C(F)(F)F)c2s1. The molecular weight excluding hydrogens is 279 g/mol. The van der Waals surface area contributed by atoms with E-state index < -0.39 is 26.4 Å². The third kappa shape index (κ3) is 2.03. The molecule has 0 amide bonds. The van der Waals surface area contributed by atoms with E-state index in [1.165, 1.54) is 0 Å². The van der Waals surface area contributed by atoms with Gasteiger partial charge in [-0.2, -0.15) is 13.2 Å². The first kappa shape index (κ1) is 12.0. The molecule has 0 aliphatic rings. The lowest BCUT2D eigenvalue weighted by molar-refractivity contribution is -0.387. The van der Waals surface area contributed by atoms with E-state index in [1.54, 1.807) is 0 Å². The summed E-state index contributed by atoms with van der Waals surface area (Å²) >= 11 is 1.02. The molecule has 0 fully saturated rings. The summed E-state index contributed by atoms with van der Waals surface area (Å²) in [5, 5.41) is 10.6. The molecule has 1 aromatic carbocycles. The summed E-state index contributed by atoms with van der Waals surface area (Å²) in [6, 6.07) is 1.93. The van der Waals surface area contributed by atoms with Crippen LogP contribution in [-0.4, -0.2) is 4.92 Å². The molecule has 0 radical (unpaired) electrons. The quantitative estimate of drug-likeness (QED) is 0.595. The van der Waals surface area contributed by atoms with Gasteiger partial charge >= 0.3 is 6.18 Å². The summed E-state index contributed by atoms with van der Waals surface area (Å²) in [5.74, 6) is 0. The summed E-state index contributed by atoms with van der Waals surface area (Å²) < 4.78 is 37.5. The van der Waals surface area contributed by atoms with E-state index in [9.17, 15) is 28.1 Å². The van der Waals surface area contributed by atoms with Crippen LogP contribution in [0.2, 0.25) is 0 Å². The van der Waals surface area contributed by atoms with E-state index in [0.717, 1.165) is 12.1 Å². The van der Waals surface area contributed by atoms with Crippen LogP contribution >= 0.6 is 22.7 Å². The number of benzene rings is 1. The molecule has 9 heteroatoms. The van der Waals surface area contributed by atoms with Gasteiger partial charge < -0.3 is 0 Å². The van der Waals surface area contributed by atoms with Gasteiger partial charge in [0.25, 0.3) is 9.74 Å². The summed E-state index contributed by atoms with van der Waals surface area (Å²) in [7, 11) is 0. The molecular formula is C8H2F3NO3S2. The van der Waals surface area contributed by atoms with Crippen molar-refractivity contribution in [2.45, 2.75) is 6.18 Å². The Labute approximate surface area is 99.1 Å². The normalized spacial score (nSPS) is 11.9. The maximum Gasteiger partial charge on any atom is 0.424 e. The Morgan fingerprint density at radius 1 is 1.24 bits per heavy atom. The fourth-order valence-corrected chi connectivity index (χ4v) is 3.46. The van der Waals surface area contributed by atoms with Crippen molar-refractivity contribution in [1.29, 1.82) is 0 Å². The molecule has 0 saturated carbocycles. The van der Waals surface area contributed by atoms with Gasteiger partial charge in [-0.05, 0) is 6.07 Å². The molecule has 2 aromatic rings. The van der Waals surface area contributed by atoms with Crippen LogP contribution in [0.3, 0.4) is 0 Å². The predicted octanol–water partition coefficient (Wildman–Crippen LogP) is 3.25. The molecule has 90 valence electrons. The van der Waals surface area contributed by atoms with Crippen LogP contribution in [0.5, 0.6) is 0 Å². The summed E-state index contributed by atoms with van der Waals surface area (Å²) in [6.07, 6.45) is -4.86. The lowest BCUT2D eigenvalue weighted by atomic mass is 10.2. The van der Waals surface area contributed by atoms with Gasteiger partial charge in [0, 0.05) is 6.07 Å². The van der Waals surface area contributed by atoms with Gasteiger partial charge in [0.05, 0.1) is 14.3 Å². The fourth-order valence-electron chi connectivity index (χ4n) is 1.35. The van der Waals surface area contributed by atoms with Crippen molar-refractivity contribution in [2.24, 2.45) is 0 Å². The second kappa shape index (κ2) is 3.77. The van der Waals surface area contributed by atoms with Crippen LogP contribution in [0.1, 0.15) is 5.56 Å². The zero-order valence-corrected chi connectivity index (χ0v) is 9.41. The molecule has 0 unspecified atom stereocenters. The topological polar surface area (TPSA) is 60.2 Å². The molecule has 0 atom stereocenters. The highest BCUT2D eigenvalue weighted by Crippen LogP contribution is 2.42. The molecule has 17 heavy (non-hydrogen) atoms. The highest BCUT2D eigenvalue weighted by atomic mass is 32.2. The third-order valence-electron chi connectivity index (χ3n) is 1.96. The number of hydrogen-bond acceptors (Lipinski definition) is 5. The largest absolute Gasteiger partial charge is 0.424 e. The minimum Gasteiger partial charge on any atom is -0.265 e. The number of nitro groups is 1. The number of halogens is 3. The molecule has 0 aliphatic heterocycles. The van der Waals surface area contributed by atoms with Gasteiger partial charge in [-0.15, -0.1) is 0 Å². The number of rotatable bonds is 1. The Bertz CT molecular complexity index is 658. The zero-order valence-electron chi connectivity index (χ0n) is 7.78. The van der Waals surface area contributed by atoms with E-state index in [0.29, 0.717) is 22.7 Å². The first-order valence-corrected chi connectivity index (χ1v) is 5.72. The Balaban J connectivity index is 2.94. The van der Waals surface area contributed by atoms with Gasteiger partial charge in [-0.25, -0.2) is 0 Å². The van der Waals surface area contributed by atoms with Crippen molar-refractivity contribution in [2.75, 3.05) is 0 Å². The lowest BCUT2D eigenvalue weighted by Gasteiger charge is -2.07. The molecule has 0 spiro atoms. The van der Waals surface area contributed by atoms with Crippen molar-refractivity contribution < 1.29 is 18.1 Å². The minimum atomic E-state index is -4.86. The number of hydrogen-bond donors (Lipinski definition) is 0. The smallest absolute Gasteiger partial charge is 0.265 e. The minimum absolute atomic E-state index is 0.109. The monoisotopic (exact) mass is 281 g/mol. The number of nitrogens with zero attached hydrogens (tertiary/aromatic N) is 1. The maximum atomic E-state index is 12.8. The maximum absolute atomic E-state index is 12.8. The Kier molecular flexibility index (Phi) is 2.66. The van der Waals surface area contributed by atoms with E-state index in [-0.39, 0.29) is 9.40 Å². The van der Waals surface area contributed by atoms with Crippen LogP contribution in [0.15, 0.2) is 16.9 Å². The first-order chi connectivity index (χ1) is 7.80. The summed E-state index contributed by atoms with van der Waals surface area (Å²) in [5.41, 5.74) is -2.37. The van der Waals surface area contributed by atoms with E-state index in [1.807, 2.05) is 0 Å². The Morgan fingerprint density at radius 3 is 2.41 bits per heavy atom. The van der Waals surface area contributed by atoms with Crippen molar-refractivity contribution in [3.05, 3.63) is 36.7 Å². The standard InChI is InChI=1S/C8H2F3NO3S2/c9-8(10,11)5-3(12(14)15)1-2-4-6(5)17-7(13)16-4/h1-2H. The van der Waals surface area contributed by atoms with Crippen LogP contribution in [0.4, 0.5) is 18.9 Å². The summed E-state index contributed by atoms with van der Waals surface area (Å²) in [6.45, 7) is 0. The van der Waals surface area contributed by atoms with Crippen LogP contribution in [0.25, 0.3) is 9.40 Å². The second-order valence-electron chi connectivity index (χ2n) is 3.00. The van der Waals surface area contributed by atoms with Gasteiger partial charge in [0.2, 0.25) is 0 Å². The molecule has 1 heterocycles. The Morgan fingerprint density at radius 2 is 1.88 bits per heavy atom. The third-order valence-corrected chi connectivity index (χ3v) is 4.11. The molecule has 4 nitrogen and oxygen atoms in total. The molecule has 0 saturated heterocycles. The number of fused-ring (bicyclic) bond motifs is 1. The first-order valence-electron chi connectivity index (χ1n) is 4.09. The Hall–Kier alpha value is -1.48. The molecule has 2 rings (SSSR count). The molecule has 0 bridgehead atoms. The highest BCUT2D eigenvalue weighted by molar-refractivity contribution is 7.35. The predicted molar refractivity (Wildman–Crippen MR) is 57.6 cm³/mol. The zero-order chi connectivity index (χ0) is 12.8. The van der Waals surface area contributed by atoms with E-state index in [2.05, 4.69) is 0 Å². The van der Waals surface area contributed by atoms with Crippen molar-refractivity contribution in [3.63, 3.8) is 0 Å². The van der Waals surface area contributed by atoms with Crippen LogP contribution in [0, 0.1) is 10.1 Å². The van der Waals surface area contributed by atoms with Crippen LogP contribution in [-0.2, 0) is 6.18 Å². The van der Waals surface area contributed by atoms with Gasteiger partial charge in [-0.3, -0.25) is 14.9 Å². The average molecular weight is 281 g/mol. The number of nitro benzene ring substituents is 1. The fraction of sp³-hybridized carbons (Fsp3) is 0.125. The lowest BCUT2D eigenvalue weighted by Crippen LogP contribution is -2.08. The van der Waals surface area contributed by atoms with Gasteiger partial charge in [0.1, 0.15) is 0 Å². The van der Waals surface area contributed by atoms with Crippen molar-refractivity contribution >= 4 is 37.8 Å². The molecule has 1 aromatic heterocycles. The number of alkyl halides is 3. The average Bonchev–Trinajstić information content (AvgIpc) is 2.53. The van der Waals surface area contributed by atoms with Crippen molar-refractivity contribution in [1.82, 2.24) is 0 Å². The van der Waals surface area contributed by atoms with E-state index >= 15 is 0 Å². The molecule has 0 N–H and O–H groups in total. The van der Waals surface area contributed by atoms with Crippen molar-refractivity contribution in [3.8, 4) is 0 Å². The van der Waals surface area contributed by atoms with Crippen LogP contribution < -0.4 is 4.06 Å². The summed E-state index contributed by atoms with van der Waals surface area (Å²) in [4.78, 5) is 20.5. The van der Waals surface area contributed by atoms with E-state index in [4.69, 9.17) is 0 Å². The molecule has 0 aliphatic carbocycles. The second-order valence-corrected chi connectivity index (χ2v) is 5.25.